The second-order valence-electron chi connectivity index (χ2n) is 6.63. The minimum Gasteiger partial charge on any atom is -0.383 e. The molecule has 1 saturated heterocycles. The van der Waals surface area contributed by atoms with Crippen LogP contribution in [0.5, 0.6) is 0 Å². The molecule has 152 valence electrons. The van der Waals surface area contributed by atoms with Crippen LogP contribution in [0.1, 0.15) is 30.1 Å². The Morgan fingerprint density at radius 1 is 1.30 bits per heavy atom. The number of ether oxygens (including phenoxy) is 1. The molecule has 1 fully saturated rings. The number of nitro groups is 1. The first kappa shape index (κ1) is 23.1. The fraction of sp³-hybridized carbons (Fsp3) is 0.611. The van der Waals surface area contributed by atoms with Gasteiger partial charge in [0, 0.05) is 51.5 Å². The smallest absolute Gasteiger partial charge is 0.293 e. The summed E-state index contributed by atoms with van der Waals surface area (Å²) in [5.41, 5.74) is 0.896. The summed E-state index contributed by atoms with van der Waals surface area (Å²) in [5, 5.41) is 17.4. The molecule has 0 atom stereocenters. The van der Waals surface area contributed by atoms with Gasteiger partial charge in [0.25, 0.3) is 11.6 Å². The van der Waals surface area contributed by atoms with Crippen LogP contribution in [0, 0.1) is 16.0 Å². The van der Waals surface area contributed by atoms with Crippen LogP contribution in [0.3, 0.4) is 0 Å². The molecule has 9 heteroatoms. The van der Waals surface area contributed by atoms with E-state index in [1.165, 1.54) is 6.07 Å². The zero-order chi connectivity index (χ0) is 18.9. The van der Waals surface area contributed by atoms with Gasteiger partial charge in [0.15, 0.2) is 0 Å². The van der Waals surface area contributed by atoms with E-state index in [9.17, 15) is 14.9 Å². The molecule has 0 radical (unpaired) electrons. The van der Waals surface area contributed by atoms with Crippen LogP contribution < -0.4 is 15.5 Å². The van der Waals surface area contributed by atoms with Gasteiger partial charge in [-0.3, -0.25) is 14.9 Å². The maximum Gasteiger partial charge on any atom is 0.293 e. The minimum absolute atomic E-state index is 0. The predicted molar refractivity (Wildman–Crippen MR) is 108 cm³/mol. The summed E-state index contributed by atoms with van der Waals surface area (Å²) in [5.74, 6) is 0.341. The van der Waals surface area contributed by atoms with Crippen molar-refractivity contribution in [2.24, 2.45) is 5.92 Å². The highest BCUT2D eigenvalue weighted by molar-refractivity contribution is 5.95. The quantitative estimate of drug-likeness (QED) is 0.375. The van der Waals surface area contributed by atoms with Crippen molar-refractivity contribution < 1.29 is 14.5 Å². The highest BCUT2D eigenvalue weighted by Crippen LogP contribution is 2.32. The standard InChI is InChI=1S/C18H28N4O4.ClH/c1-14-5-10-21(11-6-14)16-4-3-15(13-17(16)22(24)25)18(23)20-8-7-19-9-12-26-2;/h3-4,13-14,19H,5-12H2,1-2H3,(H,20,23);1H. The molecule has 1 aromatic rings. The normalized spacial score (nSPS) is 14.5. The number of carbonyl (C=O) groups excluding carboxylic acids is 1. The van der Waals surface area contributed by atoms with Gasteiger partial charge in [-0.1, -0.05) is 6.92 Å². The van der Waals surface area contributed by atoms with Crippen LogP contribution in [-0.4, -0.2) is 57.3 Å². The SMILES string of the molecule is COCCNCCNC(=O)c1ccc(N2CCC(C)CC2)c([N+](=O)[O-])c1.Cl. The van der Waals surface area contributed by atoms with Crippen LogP contribution >= 0.6 is 12.4 Å². The zero-order valence-electron chi connectivity index (χ0n) is 15.9. The van der Waals surface area contributed by atoms with Gasteiger partial charge in [-0.25, -0.2) is 0 Å². The van der Waals surface area contributed by atoms with Crippen molar-refractivity contribution in [2.45, 2.75) is 19.8 Å². The van der Waals surface area contributed by atoms with Crippen LogP contribution in [0.4, 0.5) is 11.4 Å². The largest absolute Gasteiger partial charge is 0.383 e. The summed E-state index contributed by atoms with van der Waals surface area (Å²) < 4.78 is 4.92. The fourth-order valence-corrected chi connectivity index (χ4v) is 2.99. The number of methoxy groups -OCH3 is 1. The predicted octanol–water partition coefficient (Wildman–Crippen LogP) is 2.22. The molecule has 8 nitrogen and oxygen atoms in total. The molecule has 2 N–H and O–H groups in total. The van der Waals surface area contributed by atoms with E-state index < -0.39 is 4.92 Å². The highest BCUT2D eigenvalue weighted by atomic mass is 35.5. The molecule has 1 amide bonds. The molecule has 1 aliphatic heterocycles. The third-order valence-corrected chi connectivity index (χ3v) is 4.63. The van der Waals surface area contributed by atoms with E-state index in [1.807, 2.05) is 4.90 Å². The van der Waals surface area contributed by atoms with E-state index in [-0.39, 0.29) is 24.0 Å². The monoisotopic (exact) mass is 400 g/mol. The molecule has 2 rings (SSSR count). The van der Waals surface area contributed by atoms with Gasteiger partial charge >= 0.3 is 0 Å². The molecule has 0 spiro atoms. The average molecular weight is 401 g/mol. The Kier molecular flexibility index (Phi) is 10.1. The fourth-order valence-electron chi connectivity index (χ4n) is 2.99. The van der Waals surface area contributed by atoms with E-state index in [0.29, 0.717) is 43.4 Å². The Morgan fingerprint density at radius 3 is 2.63 bits per heavy atom. The number of benzene rings is 1. The third-order valence-electron chi connectivity index (χ3n) is 4.63. The number of rotatable bonds is 9. The molecule has 0 aromatic heterocycles. The van der Waals surface area contributed by atoms with Gasteiger partial charge in [0.2, 0.25) is 0 Å². The Morgan fingerprint density at radius 2 is 2.00 bits per heavy atom. The molecule has 0 bridgehead atoms. The third kappa shape index (κ3) is 6.97. The first-order valence-electron chi connectivity index (χ1n) is 9.04. The highest BCUT2D eigenvalue weighted by Gasteiger charge is 2.24. The second-order valence-corrected chi connectivity index (χ2v) is 6.63. The maximum atomic E-state index is 12.2. The molecule has 0 aliphatic carbocycles. The van der Waals surface area contributed by atoms with Crippen LogP contribution in [0.15, 0.2) is 18.2 Å². The lowest BCUT2D eigenvalue weighted by molar-refractivity contribution is -0.384. The van der Waals surface area contributed by atoms with Crippen molar-refractivity contribution in [1.29, 1.82) is 0 Å². The van der Waals surface area contributed by atoms with E-state index in [1.54, 1.807) is 19.2 Å². The van der Waals surface area contributed by atoms with Crippen molar-refractivity contribution in [1.82, 2.24) is 10.6 Å². The molecule has 0 saturated carbocycles. The lowest BCUT2D eigenvalue weighted by atomic mass is 9.98. The number of nitro benzene ring substituents is 1. The topological polar surface area (TPSA) is 96.7 Å². The number of piperidine rings is 1. The summed E-state index contributed by atoms with van der Waals surface area (Å²) >= 11 is 0. The number of amides is 1. The van der Waals surface area contributed by atoms with Crippen LogP contribution in [0.2, 0.25) is 0 Å². The number of hydrogen-bond donors (Lipinski definition) is 2. The number of nitrogens with zero attached hydrogens (tertiary/aromatic N) is 2. The summed E-state index contributed by atoms with van der Waals surface area (Å²) in [6.45, 7) is 6.19. The Bertz CT molecular complexity index is 621. The van der Waals surface area contributed by atoms with Gasteiger partial charge < -0.3 is 20.3 Å². The lowest BCUT2D eigenvalue weighted by Crippen LogP contribution is -2.34. The molecular formula is C18H29ClN4O4. The van der Waals surface area contributed by atoms with Crippen molar-refractivity contribution in [3.63, 3.8) is 0 Å². The van der Waals surface area contributed by atoms with Gasteiger partial charge in [0.05, 0.1) is 11.5 Å². The molecule has 1 heterocycles. The number of anilines is 1. The van der Waals surface area contributed by atoms with Gasteiger partial charge in [-0.2, -0.15) is 0 Å². The van der Waals surface area contributed by atoms with E-state index in [2.05, 4.69) is 17.6 Å². The lowest BCUT2D eigenvalue weighted by Gasteiger charge is -2.31. The molecule has 27 heavy (non-hydrogen) atoms. The molecule has 0 unspecified atom stereocenters. The van der Waals surface area contributed by atoms with Gasteiger partial charge in [-0.05, 0) is 30.9 Å². The van der Waals surface area contributed by atoms with Gasteiger partial charge in [0.1, 0.15) is 5.69 Å². The van der Waals surface area contributed by atoms with Crippen molar-refractivity contribution in [3.05, 3.63) is 33.9 Å². The van der Waals surface area contributed by atoms with Crippen molar-refractivity contribution >= 4 is 29.7 Å². The summed E-state index contributed by atoms with van der Waals surface area (Å²) in [6.07, 6.45) is 2.05. The average Bonchev–Trinajstić information content (AvgIpc) is 2.64. The number of halogens is 1. The number of hydrogen-bond acceptors (Lipinski definition) is 6. The summed E-state index contributed by atoms with van der Waals surface area (Å²) in [6, 6.07) is 4.73. The van der Waals surface area contributed by atoms with Crippen molar-refractivity contribution in [2.75, 3.05) is 51.3 Å². The zero-order valence-corrected chi connectivity index (χ0v) is 16.7. The van der Waals surface area contributed by atoms with Gasteiger partial charge in [-0.15, -0.1) is 12.4 Å². The van der Waals surface area contributed by atoms with E-state index in [4.69, 9.17) is 4.74 Å². The maximum absolute atomic E-state index is 12.2. The van der Waals surface area contributed by atoms with Crippen LogP contribution in [0.25, 0.3) is 0 Å². The Balaban J connectivity index is 0.00000364. The van der Waals surface area contributed by atoms with E-state index >= 15 is 0 Å². The minimum atomic E-state index is -0.406. The Labute approximate surface area is 166 Å². The summed E-state index contributed by atoms with van der Waals surface area (Å²) in [7, 11) is 1.63. The molecule has 1 aliphatic rings. The van der Waals surface area contributed by atoms with E-state index in [0.717, 1.165) is 25.9 Å². The first-order valence-corrected chi connectivity index (χ1v) is 9.04. The number of carbonyl (C=O) groups is 1. The Hall–Kier alpha value is -1.90. The summed E-state index contributed by atoms with van der Waals surface area (Å²) in [4.78, 5) is 25.4. The molecule has 1 aromatic carbocycles. The number of nitrogens with one attached hydrogen (secondary N) is 2. The molecular weight excluding hydrogens is 372 g/mol. The first-order chi connectivity index (χ1) is 12.5. The van der Waals surface area contributed by atoms with Crippen molar-refractivity contribution in [3.8, 4) is 0 Å². The second kappa shape index (κ2) is 11.7. The van der Waals surface area contributed by atoms with Crippen LogP contribution in [-0.2, 0) is 4.74 Å².